The summed E-state index contributed by atoms with van der Waals surface area (Å²) in [5.41, 5.74) is 9.00. The molecule has 0 saturated carbocycles. The second-order valence-electron chi connectivity index (χ2n) is 6.38. The first-order chi connectivity index (χ1) is 13.9. The van der Waals surface area contributed by atoms with Crippen molar-refractivity contribution in [1.82, 2.24) is 9.97 Å². The van der Waals surface area contributed by atoms with Crippen molar-refractivity contribution in [2.75, 3.05) is 4.90 Å². The Morgan fingerprint density at radius 3 is 2.69 bits per heavy atom. The standard InChI is InChI=1S/C20H22N4O2S3/c1-4-14-7-5-6-8-16(14)24(13(3)25)19-23-15(10-27-19)11-28-20-22-12(2)17(29-20)9-18(21)26/h5-8,10H,4,9,11H2,1-3H3,(H2,21,26). The SMILES string of the molecule is CCc1ccccc1N(C(C)=O)c1nc(CSc2nc(C)c(CC(N)=O)s2)cs1. The zero-order chi connectivity index (χ0) is 21.0. The molecule has 0 unspecified atom stereocenters. The summed E-state index contributed by atoms with van der Waals surface area (Å²) < 4.78 is 0.882. The smallest absolute Gasteiger partial charge is 0.230 e. The Morgan fingerprint density at radius 2 is 2.00 bits per heavy atom. The number of thiazole rings is 2. The van der Waals surface area contributed by atoms with Crippen LogP contribution in [0.5, 0.6) is 0 Å². The van der Waals surface area contributed by atoms with Crippen LogP contribution in [0.2, 0.25) is 0 Å². The van der Waals surface area contributed by atoms with Gasteiger partial charge in [0.1, 0.15) is 0 Å². The number of nitrogens with zero attached hydrogens (tertiary/aromatic N) is 3. The highest BCUT2D eigenvalue weighted by Gasteiger charge is 2.20. The molecule has 29 heavy (non-hydrogen) atoms. The summed E-state index contributed by atoms with van der Waals surface area (Å²) in [6.45, 7) is 5.51. The molecular weight excluding hydrogens is 424 g/mol. The van der Waals surface area contributed by atoms with E-state index in [0.29, 0.717) is 10.9 Å². The van der Waals surface area contributed by atoms with Crippen LogP contribution in [-0.4, -0.2) is 21.8 Å². The Hall–Kier alpha value is -2.23. The first-order valence-corrected chi connectivity index (χ1v) is 11.8. The van der Waals surface area contributed by atoms with Crippen LogP contribution in [0, 0.1) is 6.92 Å². The van der Waals surface area contributed by atoms with Crippen LogP contribution in [0.4, 0.5) is 10.8 Å². The summed E-state index contributed by atoms with van der Waals surface area (Å²) >= 11 is 4.51. The fourth-order valence-electron chi connectivity index (χ4n) is 2.82. The van der Waals surface area contributed by atoms with Crippen LogP contribution < -0.4 is 10.6 Å². The Morgan fingerprint density at radius 1 is 1.24 bits per heavy atom. The van der Waals surface area contributed by atoms with E-state index in [2.05, 4.69) is 16.9 Å². The van der Waals surface area contributed by atoms with E-state index in [9.17, 15) is 9.59 Å². The topological polar surface area (TPSA) is 89.2 Å². The van der Waals surface area contributed by atoms with Crippen LogP contribution in [0.3, 0.4) is 0 Å². The van der Waals surface area contributed by atoms with Crippen molar-refractivity contribution < 1.29 is 9.59 Å². The first-order valence-electron chi connectivity index (χ1n) is 9.09. The van der Waals surface area contributed by atoms with E-state index in [-0.39, 0.29) is 18.2 Å². The fourth-order valence-corrected chi connectivity index (χ4v) is 5.94. The quantitative estimate of drug-likeness (QED) is 0.516. The Labute approximate surface area is 182 Å². The monoisotopic (exact) mass is 446 g/mol. The number of carbonyl (C=O) groups is 2. The third kappa shape index (κ3) is 5.23. The Kier molecular flexibility index (Phi) is 7.05. The van der Waals surface area contributed by atoms with Crippen molar-refractivity contribution in [3.05, 3.63) is 51.5 Å². The van der Waals surface area contributed by atoms with Crippen molar-refractivity contribution in [1.29, 1.82) is 0 Å². The molecular formula is C20H22N4O2S3. The summed E-state index contributed by atoms with van der Waals surface area (Å²) in [5, 5.41) is 2.64. The van der Waals surface area contributed by atoms with Crippen LogP contribution in [-0.2, 0) is 28.2 Å². The second kappa shape index (κ2) is 9.51. The lowest BCUT2D eigenvalue weighted by Crippen LogP contribution is -2.23. The van der Waals surface area contributed by atoms with Gasteiger partial charge < -0.3 is 5.73 Å². The second-order valence-corrected chi connectivity index (χ2v) is 9.52. The molecule has 1 aromatic carbocycles. The highest BCUT2D eigenvalue weighted by atomic mass is 32.2. The molecule has 3 aromatic rings. The number of nitrogens with two attached hydrogens (primary N) is 1. The number of aryl methyl sites for hydroxylation is 2. The molecule has 0 fully saturated rings. The fraction of sp³-hybridized carbons (Fsp3) is 0.300. The maximum absolute atomic E-state index is 12.4. The van der Waals surface area contributed by atoms with Crippen molar-refractivity contribution in [2.45, 2.75) is 43.7 Å². The van der Waals surface area contributed by atoms with Gasteiger partial charge in [0, 0.05) is 22.9 Å². The van der Waals surface area contributed by atoms with Gasteiger partial charge in [-0.05, 0) is 25.0 Å². The van der Waals surface area contributed by atoms with E-state index in [4.69, 9.17) is 5.73 Å². The predicted octanol–water partition coefficient (Wildman–Crippen LogP) is 4.48. The summed E-state index contributed by atoms with van der Waals surface area (Å²) in [6, 6.07) is 7.90. The number of primary amides is 1. The van der Waals surface area contributed by atoms with Gasteiger partial charge in [0.05, 0.1) is 23.5 Å². The lowest BCUT2D eigenvalue weighted by Gasteiger charge is -2.20. The highest BCUT2D eigenvalue weighted by Crippen LogP contribution is 2.34. The minimum absolute atomic E-state index is 0.0638. The third-order valence-electron chi connectivity index (χ3n) is 4.21. The molecule has 0 aliphatic carbocycles. The lowest BCUT2D eigenvalue weighted by atomic mass is 10.1. The number of aromatic nitrogens is 2. The number of anilines is 2. The molecule has 0 atom stereocenters. The van der Waals surface area contributed by atoms with Crippen LogP contribution in [0.25, 0.3) is 0 Å². The number of hydrogen-bond donors (Lipinski definition) is 1. The van der Waals surface area contributed by atoms with Gasteiger partial charge in [-0.15, -0.1) is 22.7 Å². The third-order valence-corrected chi connectivity index (χ3v) is 7.42. The summed E-state index contributed by atoms with van der Waals surface area (Å²) in [5.74, 6) is 0.223. The normalized spacial score (nSPS) is 10.9. The zero-order valence-electron chi connectivity index (χ0n) is 16.5. The zero-order valence-corrected chi connectivity index (χ0v) is 18.9. The molecule has 0 aliphatic heterocycles. The van der Waals surface area contributed by atoms with Gasteiger partial charge in [-0.3, -0.25) is 14.5 Å². The molecule has 0 saturated heterocycles. The van der Waals surface area contributed by atoms with Gasteiger partial charge >= 0.3 is 0 Å². The summed E-state index contributed by atoms with van der Waals surface area (Å²) in [6.07, 6.45) is 1.06. The van der Waals surface area contributed by atoms with Gasteiger partial charge in [-0.1, -0.05) is 36.9 Å². The molecule has 2 N–H and O–H groups in total. The van der Waals surface area contributed by atoms with Crippen molar-refractivity contribution >= 4 is 57.1 Å². The van der Waals surface area contributed by atoms with Crippen LogP contribution >= 0.6 is 34.4 Å². The van der Waals surface area contributed by atoms with Crippen LogP contribution in [0.1, 0.15) is 35.7 Å². The van der Waals surface area contributed by atoms with Crippen LogP contribution in [0.15, 0.2) is 34.0 Å². The van der Waals surface area contributed by atoms with Gasteiger partial charge in [-0.25, -0.2) is 9.97 Å². The van der Waals surface area contributed by atoms with E-state index in [1.807, 2.05) is 36.6 Å². The Balaban J connectivity index is 1.75. The Bertz CT molecular complexity index is 1030. The number of thioether (sulfide) groups is 1. The van der Waals surface area contributed by atoms with Crippen molar-refractivity contribution in [3.8, 4) is 0 Å². The molecule has 0 radical (unpaired) electrons. The minimum Gasteiger partial charge on any atom is -0.369 e. The largest absolute Gasteiger partial charge is 0.369 e. The number of hydrogen-bond acceptors (Lipinski definition) is 7. The van der Waals surface area contributed by atoms with Gasteiger partial charge in [0.25, 0.3) is 0 Å². The molecule has 0 aliphatic rings. The van der Waals surface area contributed by atoms with Crippen molar-refractivity contribution in [3.63, 3.8) is 0 Å². The molecule has 2 heterocycles. The van der Waals surface area contributed by atoms with E-state index in [1.165, 1.54) is 22.7 Å². The van der Waals surface area contributed by atoms with Gasteiger partial charge in [0.15, 0.2) is 9.47 Å². The molecule has 2 amide bonds. The molecule has 0 spiro atoms. The van der Waals surface area contributed by atoms with Gasteiger partial charge in [-0.2, -0.15) is 0 Å². The average molecular weight is 447 g/mol. The summed E-state index contributed by atoms with van der Waals surface area (Å²) in [4.78, 5) is 35.3. The lowest BCUT2D eigenvalue weighted by molar-refractivity contribution is -0.117. The summed E-state index contributed by atoms with van der Waals surface area (Å²) in [7, 11) is 0. The van der Waals surface area contributed by atoms with E-state index in [1.54, 1.807) is 23.6 Å². The molecule has 2 aromatic heterocycles. The van der Waals surface area contributed by atoms with E-state index in [0.717, 1.165) is 38.3 Å². The first kappa shape index (κ1) is 21.5. The molecule has 0 bridgehead atoms. The molecule has 3 rings (SSSR count). The maximum atomic E-state index is 12.4. The number of amides is 2. The molecule has 6 nitrogen and oxygen atoms in total. The van der Waals surface area contributed by atoms with Crippen molar-refractivity contribution in [2.24, 2.45) is 5.73 Å². The minimum atomic E-state index is -0.353. The number of carbonyl (C=O) groups excluding carboxylic acids is 2. The van der Waals surface area contributed by atoms with E-state index >= 15 is 0 Å². The number of para-hydroxylation sites is 1. The van der Waals surface area contributed by atoms with E-state index < -0.39 is 0 Å². The maximum Gasteiger partial charge on any atom is 0.230 e. The highest BCUT2D eigenvalue weighted by molar-refractivity contribution is 8.00. The predicted molar refractivity (Wildman–Crippen MR) is 120 cm³/mol. The number of rotatable bonds is 8. The van der Waals surface area contributed by atoms with Gasteiger partial charge in [0.2, 0.25) is 11.8 Å². The molecule has 9 heteroatoms. The average Bonchev–Trinajstić information content (AvgIpc) is 3.27. The molecule has 152 valence electrons. The number of benzene rings is 1.